The summed E-state index contributed by atoms with van der Waals surface area (Å²) in [6.45, 7) is 1.45. The summed E-state index contributed by atoms with van der Waals surface area (Å²) in [5, 5.41) is 9.62. The van der Waals surface area contributed by atoms with Crippen LogP contribution < -0.4 is 0 Å². The molecule has 0 atom stereocenters. The number of carbonyl (C=O) groups excluding carboxylic acids is 1. The number of rotatable bonds is 3. The zero-order valence-electron chi connectivity index (χ0n) is 12.6. The minimum absolute atomic E-state index is 0.130. The van der Waals surface area contributed by atoms with E-state index in [1.54, 1.807) is 11.3 Å². The first kappa shape index (κ1) is 13.2. The fraction of sp³-hybridized carbons (Fsp3) is 0.353. The Morgan fingerprint density at radius 2 is 2.04 bits per heavy atom. The molecule has 2 aromatic heterocycles. The van der Waals surface area contributed by atoms with Gasteiger partial charge in [0.2, 0.25) is 0 Å². The van der Waals surface area contributed by atoms with E-state index in [-0.39, 0.29) is 11.9 Å². The fourth-order valence-electron chi connectivity index (χ4n) is 3.07. The number of carbonyl (C=O) groups is 1. The van der Waals surface area contributed by atoms with Gasteiger partial charge >= 0.3 is 0 Å². The van der Waals surface area contributed by atoms with E-state index in [2.05, 4.69) is 28.6 Å². The molecule has 2 fully saturated rings. The van der Waals surface area contributed by atoms with Crippen LogP contribution in [0.3, 0.4) is 0 Å². The van der Waals surface area contributed by atoms with Gasteiger partial charge in [0.05, 0.1) is 16.6 Å². The highest BCUT2D eigenvalue weighted by Gasteiger charge is 2.35. The van der Waals surface area contributed by atoms with E-state index in [1.165, 1.54) is 17.5 Å². The number of fused-ring (bicyclic) bond motifs is 1. The van der Waals surface area contributed by atoms with Gasteiger partial charge in [0.1, 0.15) is 0 Å². The van der Waals surface area contributed by atoms with Crippen LogP contribution in [0, 0.1) is 0 Å². The molecule has 5 rings (SSSR count). The molecule has 1 amide bonds. The van der Waals surface area contributed by atoms with Gasteiger partial charge in [-0.15, -0.1) is 16.4 Å². The Morgan fingerprint density at radius 3 is 2.83 bits per heavy atom. The number of hydrogen-bond acceptors (Lipinski definition) is 4. The Hall–Kier alpha value is -2.21. The van der Waals surface area contributed by atoms with Crippen LogP contribution in [0.1, 0.15) is 40.2 Å². The second-order valence-electron chi connectivity index (χ2n) is 6.41. The van der Waals surface area contributed by atoms with E-state index >= 15 is 0 Å². The Morgan fingerprint density at radius 1 is 1.22 bits per heavy atom. The van der Waals surface area contributed by atoms with Crippen molar-refractivity contribution < 1.29 is 4.79 Å². The summed E-state index contributed by atoms with van der Waals surface area (Å²) in [4.78, 5) is 15.3. The summed E-state index contributed by atoms with van der Waals surface area (Å²) in [6, 6.07) is 10.4. The Kier molecular flexibility index (Phi) is 2.82. The van der Waals surface area contributed by atoms with Gasteiger partial charge in [-0.3, -0.25) is 4.79 Å². The van der Waals surface area contributed by atoms with Crippen LogP contribution in [0.25, 0.3) is 10.1 Å². The molecule has 116 valence electrons. The number of hydrogen-bond donors (Lipinski definition) is 0. The van der Waals surface area contributed by atoms with E-state index in [9.17, 15) is 4.79 Å². The van der Waals surface area contributed by atoms with Gasteiger partial charge in [0, 0.05) is 29.9 Å². The first-order valence-corrected chi connectivity index (χ1v) is 8.79. The molecule has 3 aromatic rings. The van der Waals surface area contributed by atoms with Crippen molar-refractivity contribution in [3.05, 3.63) is 47.1 Å². The number of thiophene rings is 1. The van der Waals surface area contributed by atoms with Crippen LogP contribution in [0.15, 0.2) is 36.5 Å². The number of nitrogens with zero attached hydrogens (tertiary/aromatic N) is 4. The molecule has 1 aromatic carbocycles. The molecular formula is C17H16N4OS. The molecule has 2 aliphatic rings. The number of amides is 1. The van der Waals surface area contributed by atoms with Gasteiger partial charge in [-0.1, -0.05) is 23.4 Å². The van der Waals surface area contributed by atoms with Gasteiger partial charge in [-0.2, -0.15) is 0 Å². The zero-order valence-corrected chi connectivity index (χ0v) is 13.4. The molecule has 0 N–H and O–H groups in total. The average Bonchev–Trinajstić information content (AvgIpc) is 3.10. The average molecular weight is 324 g/mol. The molecule has 0 spiro atoms. The third-order valence-corrected chi connectivity index (χ3v) is 5.79. The summed E-state index contributed by atoms with van der Waals surface area (Å²) in [7, 11) is 0. The Bertz CT molecular complexity index is 856. The first-order chi connectivity index (χ1) is 11.3. The molecule has 0 unspecified atom stereocenters. The number of aromatic nitrogens is 3. The third kappa shape index (κ3) is 2.25. The molecular weight excluding hydrogens is 308 g/mol. The molecule has 1 aliphatic heterocycles. The second kappa shape index (κ2) is 4.89. The minimum Gasteiger partial charge on any atom is -0.334 e. The predicted molar refractivity (Wildman–Crippen MR) is 88.8 cm³/mol. The van der Waals surface area contributed by atoms with Crippen molar-refractivity contribution in [2.24, 2.45) is 0 Å². The van der Waals surface area contributed by atoms with Gasteiger partial charge in [-0.05, 0) is 30.4 Å². The normalized spacial score (nSPS) is 18.3. The number of benzene rings is 1. The summed E-state index contributed by atoms with van der Waals surface area (Å²) in [5.74, 6) is 0.755. The summed E-state index contributed by atoms with van der Waals surface area (Å²) in [6.07, 6.45) is 4.53. The van der Waals surface area contributed by atoms with E-state index in [0.29, 0.717) is 5.92 Å². The predicted octanol–water partition coefficient (Wildman–Crippen LogP) is 3.07. The maximum Gasteiger partial charge on any atom is 0.264 e. The molecule has 3 heterocycles. The first-order valence-electron chi connectivity index (χ1n) is 7.97. The lowest BCUT2D eigenvalue weighted by Crippen LogP contribution is -2.50. The molecule has 6 heteroatoms. The quantitative estimate of drug-likeness (QED) is 0.744. The van der Waals surface area contributed by atoms with Crippen molar-refractivity contribution in [2.45, 2.75) is 24.8 Å². The van der Waals surface area contributed by atoms with Crippen molar-refractivity contribution >= 4 is 27.3 Å². The lowest BCUT2D eigenvalue weighted by Gasteiger charge is -2.38. The maximum atomic E-state index is 12.6. The van der Waals surface area contributed by atoms with Crippen LogP contribution >= 0.6 is 11.3 Å². The largest absolute Gasteiger partial charge is 0.334 e. The minimum atomic E-state index is 0.130. The standard InChI is InChI=1S/C17H16N4OS/c22-17(16-7-12-3-1-2-4-15(12)23-16)20-8-13(9-20)21-10-14(18-19-21)11-5-6-11/h1-4,7,10-11,13H,5-6,8-9H2. The van der Waals surface area contributed by atoms with E-state index in [1.807, 2.05) is 27.8 Å². The van der Waals surface area contributed by atoms with Gasteiger partial charge in [0.25, 0.3) is 5.91 Å². The van der Waals surface area contributed by atoms with Crippen LogP contribution in [0.4, 0.5) is 0 Å². The van der Waals surface area contributed by atoms with Crippen molar-refractivity contribution in [2.75, 3.05) is 13.1 Å². The summed E-state index contributed by atoms with van der Waals surface area (Å²) < 4.78 is 3.10. The van der Waals surface area contributed by atoms with Crippen molar-refractivity contribution in [3.63, 3.8) is 0 Å². The molecule has 23 heavy (non-hydrogen) atoms. The Labute approximate surface area is 137 Å². The van der Waals surface area contributed by atoms with Crippen LogP contribution in [-0.2, 0) is 0 Å². The maximum absolute atomic E-state index is 12.6. The molecule has 1 saturated carbocycles. The van der Waals surface area contributed by atoms with Crippen molar-refractivity contribution in [1.82, 2.24) is 19.9 Å². The highest BCUT2D eigenvalue weighted by atomic mass is 32.1. The molecule has 0 radical (unpaired) electrons. The van der Waals surface area contributed by atoms with Gasteiger partial charge < -0.3 is 4.90 Å². The van der Waals surface area contributed by atoms with Crippen LogP contribution in [0.5, 0.6) is 0 Å². The highest BCUT2D eigenvalue weighted by molar-refractivity contribution is 7.20. The number of likely N-dealkylation sites (tertiary alicyclic amines) is 1. The van der Waals surface area contributed by atoms with E-state index in [0.717, 1.165) is 29.0 Å². The van der Waals surface area contributed by atoms with Gasteiger partial charge in [-0.25, -0.2) is 4.68 Å². The SMILES string of the molecule is O=C(c1cc2ccccc2s1)N1CC(n2cc(C3CC3)nn2)C1. The van der Waals surface area contributed by atoms with Crippen molar-refractivity contribution in [1.29, 1.82) is 0 Å². The highest BCUT2D eigenvalue weighted by Crippen LogP contribution is 2.39. The molecule has 1 saturated heterocycles. The Balaban J connectivity index is 1.29. The monoisotopic (exact) mass is 324 g/mol. The lowest BCUT2D eigenvalue weighted by atomic mass is 10.1. The van der Waals surface area contributed by atoms with Crippen LogP contribution in [-0.4, -0.2) is 38.9 Å². The molecule has 0 bridgehead atoms. The van der Waals surface area contributed by atoms with E-state index in [4.69, 9.17) is 0 Å². The topological polar surface area (TPSA) is 51.0 Å². The second-order valence-corrected chi connectivity index (χ2v) is 7.49. The molecule has 5 nitrogen and oxygen atoms in total. The third-order valence-electron chi connectivity index (χ3n) is 4.68. The lowest BCUT2D eigenvalue weighted by molar-refractivity contribution is 0.0503. The van der Waals surface area contributed by atoms with Crippen molar-refractivity contribution in [3.8, 4) is 0 Å². The van der Waals surface area contributed by atoms with Gasteiger partial charge in [0.15, 0.2) is 0 Å². The van der Waals surface area contributed by atoms with E-state index < -0.39 is 0 Å². The van der Waals surface area contributed by atoms with Crippen LogP contribution in [0.2, 0.25) is 0 Å². The zero-order chi connectivity index (χ0) is 15.4. The fourth-order valence-corrected chi connectivity index (χ4v) is 4.10. The summed E-state index contributed by atoms with van der Waals surface area (Å²) >= 11 is 1.57. The summed E-state index contributed by atoms with van der Waals surface area (Å²) in [5.41, 5.74) is 1.11. The molecule has 1 aliphatic carbocycles. The smallest absolute Gasteiger partial charge is 0.264 e.